The second-order valence-corrected chi connectivity index (χ2v) is 4.68. The molecular weight excluding hydrogens is 208 g/mol. The maximum Gasteiger partial charge on any atom is 0.174 e. The lowest BCUT2D eigenvalue weighted by atomic mass is 10.2. The summed E-state index contributed by atoms with van der Waals surface area (Å²) in [6, 6.07) is 2.26. The molecule has 0 aliphatic carbocycles. The fraction of sp³-hybridized carbons (Fsp3) is 0.545. The number of nitrogens with two attached hydrogens (primary N) is 1. The fourth-order valence-electron chi connectivity index (χ4n) is 1.20. The van der Waals surface area contributed by atoms with Crippen LogP contribution < -0.4 is 11.1 Å². The molecule has 84 valence electrons. The SMILES string of the molecule is CCC(=O)c1sc(NC(C)CC)cc1N. The van der Waals surface area contributed by atoms with Crippen LogP contribution in [0.15, 0.2) is 6.07 Å². The molecule has 0 aliphatic heterocycles. The lowest BCUT2D eigenvalue weighted by Crippen LogP contribution is -2.11. The zero-order chi connectivity index (χ0) is 11.4. The van der Waals surface area contributed by atoms with Crippen LogP contribution in [0.3, 0.4) is 0 Å². The Morgan fingerprint density at radius 1 is 1.60 bits per heavy atom. The molecule has 0 aliphatic rings. The van der Waals surface area contributed by atoms with Crippen LogP contribution in [0.1, 0.15) is 43.3 Å². The van der Waals surface area contributed by atoms with Gasteiger partial charge in [-0.1, -0.05) is 13.8 Å². The summed E-state index contributed by atoms with van der Waals surface area (Å²) >= 11 is 1.45. The molecule has 0 bridgehead atoms. The zero-order valence-electron chi connectivity index (χ0n) is 9.46. The molecule has 0 saturated carbocycles. The highest BCUT2D eigenvalue weighted by atomic mass is 32.1. The first kappa shape index (κ1) is 12.0. The number of rotatable bonds is 5. The van der Waals surface area contributed by atoms with Gasteiger partial charge in [0.1, 0.15) is 0 Å². The van der Waals surface area contributed by atoms with Crippen LogP contribution in [0.5, 0.6) is 0 Å². The van der Waals surface area contributed by atoms with Crippen molar-refractivity contribution in [3.05, 3.63) is 10.9 Å². The van der Waals surface area contributed by atoms with E-state index in [1.165, 1.54) is 11.3 Å². The van der Waals surface area contributed by atoms with E-state index in [0.29, 0.717) is 23.0 Å². The Morgan fingerprint density at radius 3 is 2.80 bits per heavy atom. The third kappa shape index (κ3) is 2.96. The number of thiophene rings is 1. The summed E-state index contributed by atoms with van der Waals surface area (Å²) in [6.07, 6.45) is 1.56. The molecule has 1 aromatic heterocycles. The van der Waals surface area contributed by atoms with E-state index in [4.69, 9.17) is 5.73 Å². The van der Waals surface area contributed by atoms with Gasteiger partial charge in [0, 0.05) is 12.5 Å². The van der Waals surface area contributed by atoms with E-state index in [1.807, 2.05) is 13.0 Å². The molecule has 0 saturated heterocycles. The van der Waals surface area contributed by atoms with Crippen molar-refractivity contribution in [2.75, 3.05) is 11.1 Å². The van der Waals surface area contributed by atoms with Gasteiger partial charge in [-0.3, -0.25) is 4.79 Å². The molecule has 3 nitrogen and oxygen atoms in total. The van der Waals surface area contributed by atoms with Crippen molar-refractivity contribution in [3.8, 4) is 0 Å². The first-order valence-electron chi connectivity index (χ1n) is 5.27. The molecule has 1 aromatic rings. The molecule has 1 unspecified atom stereocenters. The number of carbonyl (C=O) groups is 1. The number of hydrogen-bond donors (Lipinski definition) is 2. The molecule has 1 heterocycles. The first-order valence-corrected chi connectivity index (χ1v) is 6.09. The van der Waals surface area contributed by atoms with Gasteiger partial charge in [-0.05, 0) is 19.4 Å². The van der Waals surface area contributed by atoms with Crippen LogP contribution in [0.25, 0.3) is 0 Å². The van der Waals surface area contributed by atoms with E-state index >= 15 is 0 Å². The summed E-state index contributed by atoms with van der Waals surface area (Å²) in [5.41, 5.74) is 6.38. The van der Waals surface area contributed by atoms with Gasteiger partial charge in [0.25, 0.3) is 0 Å². The van der Waals surface area contributed by atoms with Crippen LogP contribution in [0.2, 0.25) is 0 Å². The molecule has 0 amide bonds. The third-order valence-corrected chi connectivity index (χ3v) is 3.46. The van der Waals surface area contributed by atoms with Gasteiger partial charge >= 0.3 is 0 Å². The van der Waals surface area contributed by atoms with Crippen LogP contribution in [0, 0.1) is 0 Å². The summed E-state index contributed by atoms with van der Waals surface area (Å²) in [5.74, 6) is 0.120. The first-order chi connectivity index (χ1) is 7.08. The molecule has 15 heavy (non-hydrogen) atoms. The lowest BCUT2D eigenvalue weighted by molar-refractivity contribution is 0.0993. The standard InChI is InChI=1S/C11H18N2OS/c1-4-7(3)13-10-6-8(12)11(15-10)9(14)5-2/h6-7,13H,4-5,12H2,1-3H3. The Morgan fingerprint density at radius 2 is 2.27 bits per heavy atom. The van der Waals surface area contributed by atoms with Crippen molar-refractivity contribution in [2.45, 2.75) is 39.7 Å². The maximum atomic E-state index is 11.5. The van der Waals surface area contributed by atoms with Crippen molar-refractivity contribution in [1.29, 1.82) is 0 Å². The lowest BCUT2D eigenvalue weighted by Gasteiger charge is -2.09. The van der Waals surface area contributed by atoms with Crippen LogP contribution >= 0.6 is 11.3 Å². The van der Waals surface area contributed by atoms with E-state index in [9.17, 15) is 4.79 Å². The fourth-order valence-corrected chi connectivity index (χ4v) is 2.30. The largest absolute Gasteiger partial charge is 0.397 e. The Hall–Kier alpha value is -1.03. The molecule has 0 aromatic carbocycles. The van der Waals surface area contributed by atoms with Crippen molar-refractivity contribution in [2.24, 2.45) is 0 Å². The number of hydrogen-bond acceptors (Lipinski definition) is 4. The van der Waals surface area contributed by atoms with Gasteiger partial charge in [0.15, 0.2) is 5.78 Å². The minimum Gasteiger partial charge on any atom is -0.397 e. The monoisotopic (exact) mass is 226 g/mol. The number of carbonyl (C=O) groups excluding carboxylic acids is 1. The van der Waals surface area contributed by atoms with Gasteiger partial charge in [0.05, 0.1) is 15.6 Å². The van der Waals surface area contributed by atoms with E-state index in [2.05, 4.69) is 19.2 Å². The second kappa shape index (κ2) is 5.16. The average molecular weight is 226 g/mol. The number of ketones is 1. The van der Waals surface area contributed by atoms with Crippen molar-refractivity contribution in [1.82, 2.24) is 0 Å². The van der Waals surface area contributed by atoms with E-state index < -0.39 is 0 Å². The van der Waals surface area contributed by atoms with Gasteiger partial charge in [0.2, 0.25) is 0 Å². The van der Waals surface area contributed by atoms with Crippen molar-refractivity contribution < 1.29 is 4.79 Å². The van der Waals surface area contributed by atoms with Crippen LogP contribution in [-0.2, 0) is 0 Å². The third-order valence-electron chi connectivity index (χ3n) is 2.34. The quantitative estimate of drug-likeness (QED) is 0.758. The highest BCUT2D eigenvalue weighted by Gasteiger charge is 2.13. The summed E-state index contributed by atoms with van der Waals surface area (Å²) in [6.45, 7) is 6.08. The van der Waals surface area contributed by atoms with Gasteiger partial charge < -0.3 is 11.1 Å². The van der Waals surface area contributed by atoms with E-state index in [1.54, 1.807) is 0 Å². The Bertz CT molecular complexity index is 346. The molecule has 4 heteroatoms. The topological polar surface area (TPSA) is 55.1 Å². The Labute approximate surface area is 94.7 Å². The minimum absolute atomic E-state index is 0.120. The summed E-state index contributed by atoms with van der Waals surface area (Å²) in [7, 11) is 0. The minimum atomic E-state index is 0.120. The van der Waals surface area contributed by atoms with E-state index in [0.717, 1.165) is 11.4 Å². The zero-order valence-corrected chi connectivity index (χ0v) is 10.3. The smallest absolute Gasteiger partial charge is 0.174 e. The molecule has 0 radical (unpaired) electrons. The van der Waals surface area contributed by atoms with Gasteiger partial charge in [-0.25, -0.2) is 0 Å². The predicted molar refractivity (Wildman–Crippen MR) is 66.7 cm³/mol. The number of anilines is 2. The van der Waals surface area contributed by atoms with Gasteiger partial charge in [-0.15, -0.1) is 11.3 Å². The summed E-state index contributed by atoms with van der Waals surface area (Å²) in [5, 5.41) is 4.30. The molecule has 3 N–H and O–H groups in total. The van der Waals surface area contributed by atoms with E-state index in [-0.39, 0.29) is 5.78 Å². The second-order valence-electron chi connectivity index (χ2n) is 3.63. The average Bonchev–Trinajstić information content (AvgIpc) is 2.58. The molecule has 1 atom stereocenters. The molecular formula is C11H18N2OS. The highest BCUT2D eigenvalue weighted by Crippen LogP contribution is 2.30. The van der Waals surface area contributed by atoms with Gasteiger partial charge in [-0.2, -0.15) is 0 Å². The number of Topliss-reactive ketones (excluding diaryl/α,β-unsaturated/α-hetero) is 1. The predicted octanol–water partition coefficient (Wildman–Crippen LogP) is 3.13. The maximum absolute atomic E-state index is 11.5. The summed E-state index contributed by atoms with van der Waals surface area (Å²) < 4.78 is 0. The van der Waals surface area contributed by atoms with Crippen LogP contribution in [0.4, 0.5) is 10.7 Å². The van der Waals surface area contributed by atoms with Crippen molar-refractivity contribution >= 4 is 27.8 Å². The highest BCUT2D eigenvalue weighted by molar-refractivity contribution is 7.18. The number of nitrogen functional groups attached to an aromatic ring is 1. The summed E-state index contributed by atoms with van der Waals surface area (Å²) in [4.78, 5) is 12.2. The molecule has 0 spiro atoms. The Kier molecular flexibility index (Phi) is 4.15. The number of nitrogens with one attached hydrogen (secondary N) is 1. The molecule has 0 fully saturated rings. The Balaban J connectivity index is 2.81. The van der Waals surface area contributed by atoms with Crippen molar-refractivity contribution in [3.63, 3.8) is 0 Å². The van der Waals surface area contributed by atoms with Crippen LogP contribution in [-0.4, -0.2) is 11.8 Å². The normalized spacial score (nSPS) is 12.5. The molecule has 1 rings (SSSR count).